The summed E-state index contributed by atoms with van der Waals surface area (Å²) in [5.74, 6) is 0. The molecule has 0 heterocycles. The zero-order valence-corrected chi connectivity index (χ0v) is 4.72. The van der Waals surface area contributed by atoms with Crippen LogP contribution in [-0.2, 0) is 16.0 Å². The van der Waals surface area contributed by atoms with Crippen LogP contribution in [0.1, 0.15) is 0 Å². The van der Waals surface area contributed by atoms with Crippen molar-refractivity contribution in [3.8, 4) is 0 Å². The van der Waals surface area contributed by atoms with Gasteiger partial charge in [-0.2, -0.15) is 4.21 Å². The molecule has 7 heteroatoms. The second kappa shape index (κ2) is 2.32. The van der Waals surface area contributed by atoms with E-state index < -0.39 is 19.2 Å². The quantitative estimate of drug-likeness (QED) is 0.483. The molecule has 42 valence electrons. The van der Waals surface area contributed by atoms with Gasteiger partial charge in [0.05, 0.1) is 0 Å². The van der Waals surface area contributed by atoms with Crippen LogP contribution in [0.5, 0.6) is 0 Å². The van der Waals surface area contributed by atoms with E-state index >= 15 is 0 Å². The van der Waals surface area contributed by atoms with E-state index in [0.29, 0.717) is 0 Å². The maximum absolute atomic E-state index is 9.54. The van der Waals surface area contributed by atoms with Crippen molar-refractivity contribution < 1.29 is 18.6 Å². The van der Waals surface area contributed by atoms with Gasteiger partial charge < -0.3 is 9.79 Å². The van der Waals surface area contributed by atoms with Crippen molar-refractivity contribution in [3.63, 3.8) is 0 Å². The highest BCUT2D eigenvalue weighted by atomic mass is 32.1. The molecule has 0 amide bonds. The predicted octanol–water partition coefficient (Wildman–Crippen LogP) is -0.524. The molecule has 0 fully saturated rings. The molecule has 5 nitrogen and oxygen atoms in total. The Morgan fingerprint density at radius 2 is 2.00 bits per heavy atom. The molecule has 0 saturated heterocycles. The summed E-state index contributed by atoms with van der Waals surface area (Å²) >= 11 is -0.480. The van der Waals surface area contributed by atoms with Gasteiger partial charge in [0, 0.05) is 0 Å². The average Bonchev–Trinajstić information content (AvgIpc) is 1.30. The first kappa shape index (κ1) is 6.97. The molecule has 0 aliphatic carbocycles. The highest BCUT2D eigenvalue weighted by molar-refractivity contribution is 7.65. The molecule has 0 aliphatic heterocycles. The number of hydrogen-bond acceptors (Lipinski definition) is 2. The van der Waals surface area contributed by atoms with Gasteiger partial charge in [0.15, 0.2) is 0 Å². The second-order valence-electron chi connectivity index (χ2n) is 0.669. The molecule has 0 bridgehead atoms. The molecule has 0 atom stereocenters. The molecule has 0 aromatic heterocycles. The lowest BCUT2D eigenvalue weighted by atomic mass is 13.9. The van der Waals surface area contributed by atoms with Crippen LogP contribution in [0.15, 0.2) is 4.13 Å². The van der Waals surface area contributed by atoms with E-state index in [2.05, 4.69) is 4.13 Å². The van der Waals surface area contributed by atoms with Crippen molar-refractivity contribution in [2.24, 2.45) is 4.13 Å². The number of rotatable bonds is 1. The number of hydrogen-bond donors (Lipinski definition) is 2. The van der Waals surface area contributed by atoms with Gasteiger partial charge in [-0.15, -0.1) is 0 Å². The van der Waals surface area contributed by atoms with E-state index in [1.807, 2.05) is 0 Å². The normalized spacial score (nSPS) is 10.6. The number of nitrogens with zero attached hydrogens (tertiary/aromatic N) is 1. The summed E-state index contributed by atoms with van der Waals surface area (Å²) in [6, 6.07) is 0. The molecule has 7 heavy (non-hydrogen) atoms. The van der Waals surface area contributed by atoms with Crippen LogP contribution in [0.2, 0.25) is 0 Å². The topological polar surface area (TPSA) is 87.0 Å². The molecular formula is H2NO4PS. The Morgan fingerprint density at radius 3 is 2.00 bits per heavy atom. The van der Waals surface area contributed by atoms with Crippen LogP contribution in [0.25, 0.3) is 0 Å². The van der Waals surface area contributed by atoms with Crippen LogP contribution in [0.3, 0.4) is 0 Å². The fraction of sp³-hybridized carbons (Fsp3) is 0. The molecule has 0 unspecified atom stereocenters. The van der Waals surface area contributed by atoms with Gasteiger partial charge in [-0.05, 0) is 0 Å². The van der Waals surface area contributed by atoms with Gasteiger partial charge in [-0.25, -0.2) is 4.57 Å². The lowest BCUT2D eigenvalue weighted by Crippen LogP contribution is -1.64. The third kappa shape index (κ3) is 5.97. The first-order valence-corrected chi connectivity index (χ1v) is 3.40. The van der Waals surface area contributed by atoms with Gasteiger partial charge in [0.1, 0.15) is 0 Å². The summed E-state index contributed by atoms with van der Waals surface area (Å²) in [7, 11) is -4.39. The second-order valence-corrected chi connectivity index (χ2v) is 2.50. The predicted molar refractivity (Wildman–Crippen MR) is 22.6 cm³/mol. The average molecular weight is 143 g/mol. The van der Waals surface area contributed by atoms with Crippen molar-refractivity contribution >= 4 is 19.2 Å². The Bertz CT molecular complexity index is 140. The van der Waals surface area contributed by atoms with Crippen LogP contribution in [0.4, 0.5) is 0 Å². The van der Waals surface area contributed by atoms with Crippen LogP contribution in [0, 0.1) is 0 Å². The van der Waals surface area contributed by atoms with Gasteiger partial charge in [0.25, 0.3) is 0 Å². The van der Waals surface area contributed by atoms with E-state index in [1.54, 1.807) is 0 Å². The minimum absolute atomic E-state index is 0.480. The van der Waals surface area contributed by atoms with Gasteiger partial charge >= 0.3 is 7.75 Å². The third-order valence-electron chi connectivity index (χ3n) is 0.140. The zero-order valence-electron chi connectivity index (χ0n) is 3.01. The first-order valence-electron chi connectivity index (χ1n) is 1.13. The Morgan fingerprint density at radius 1 is 1.57 bits per heavy atom. The van der Waals surface area contributed by atoms with Crippen molar-refractivity contribution in [2.75, 3.05) is 0 Å². The molecule has 0 spiro atoms. The van der Waals surface area contributed by atoms with E-state index in [0.717, 1.165) is 0 Å². The third-order valence-corrected chi connectivity index (χ3v) is 1.26. The Balaban J connectivity index is 4.10. The van der Waals surface area contributed by atoms with Gasteiger partial charge in [-0.3, -0.25) is 0 Å². The summed E-state index contributed by atoms with van der Waals surface area (Å²) in [6.45, 7) is 0. The van der Waals surface area contributed by atoms with E-state index in [9.17, 15) is 8.77 Å². The van der Waals surface area contributed by atoms with Crippen molar-refractivity contribution in [3.05, 3.63) is 0 Å². The molecule has 2 N–H and O–H groups in total. The summed E-state index contributed by atoms with van der Waals surface area (Å²) in [5.41, 5.74) is 0. The Labute approximate surface area is 42.8 Å². The van der Waals surface area contributed by atoms with E-state index in [4.69, 9.17) is 9.79 Å². The lowest BCUT2D eigenvalue weighted by Gasteiger charge is -1.84. The zero-order chi connectivity index (χ0) is 5.91. The SMILES string of the molecule is O=S=NP(=O)(O)O. The molecule has 0 radical (unpaired) electrons. The van der Waals surface area contributed by atoms with Crippen molar-refractivity contribution in [2.45, 2.75) is 0 Å². The van der Waals surface area contributed by atoms with E-state index in [1.165, 1.54) is 0 Å². The maximum Gasteiger partial charge on any atom is 0.461 e. The monoisotopic (exact) mass is 143 g/mol. The standard InChI is InChI=1S/H2NO4PS/c2-6(3,4)1-7-5/h(H2,2,3,4). The highest BCUT2D eigenvalue weighted by Crippen LogP contribution is 2.34. The summed E-state index contributed by atoms with van der Waals surface area (Å²) in [6.07, 6.45) is 0. The molecular weight excluding hydrogens is 141 g/mol. The lowest BCUT2D eigenvalue weighted by molar-refractivity contribution is 0.376. The highest BCUT2D eigenvalue weighted by Gasteiger charge is 2.07. The Kier molecular flexibility index (Phi) is 2.31. The van der Waals surface area contributed by atoms with Crippen LogP contribution < -0.4 is 0 Å². The van der Waals surface area contributed by atoms with Crippen LogP contribution >= 0.6 is 7.75 Å². The maximum atomic E-state index is 9.54. The molecule has 0 aromatic carbocycles. The molecule has 0 rings (SSSR count). The van der Waals surface area contributed by atoms with Gasteiger partial charge in [0.2, 0.25) is 11.5 Å². The molecule has 0 aliphatic rings. The smallest absolute Gasteiger partial charge is 0.306 e. The summed E-state index contributed by atoms with van der Waals surface area (Å²) in [5, 5.41) is 0. The van der Waals surface area contributed by atoms with Crippen LogP contribution in [-0.4, -0.2) is 14.0 Å². The van der Waals surface area contributed by atoms with Crippen molar-refractivity contribution in [1.82, 2.24) is 0 Å². The summed E-state index contributed by atoms with van der Waals surface area (Å²) in [4.78, 5) is 15.5. The van der Waals surface area contributed by atoms with E-state index in [-0.39, 0.29) is 0 Å². The first-order chi connectivity index (χ1) is 3.06. The molecule has 0 aromatic rings. The largest absolute Gasteiger partial charge is 0.461 e. The summed E-state index contributed by atoms with van der Waals surface area (Å²) < 4.78 is 21.0. The van der Waals surface area contributed by atoms with Crippen molar-refractivity contribution in [1.29, 1.82) is 0 Å². The molecule has 0 saturated carbocycles. The Hall–Kier alpha value is -0.0300. The fourth-order valence-corrected chi connectivity index (χ4v) is 0.391. The minimum Gasteiger partial charge on any atom is -0.306 e. The van der Waals surface area contributed by atoms with Gasteiger partial charge in [-0.1, -0.05) is 4.13 Å². The minimum atomic E-state index is -4.39. The fourth-order valence-electron chi connectivity index (χ4n) is 0.0434.